The van der Waals surface area contributed by atoms with Crippen LogP contribution in [0.25, 0.3) is 0 Å². The molecule has 32 heavy (non-hydrogen) atoms. The molecule has 0 saturated heterocycles. The molecular weight excluding hydrogens is 422 g/mol. The van der Waals surface area contributed by atoms with Crippen LogP contribution in [0.3, 0.4) is 0 Å². The summed E-state index contributed by atoms with van der Waals surface area (Å²) in [4.78, 5) is 36.7. The number of unbranched alkanes of at least 4 members (excludes halogenated alkanes) is 1. The Kier molecular flexibility index (Phi) is 7.24. The Labute approximate surface area is 191 Å². The minimum atomic E-state index is -0.270. The Morgan fingerprint density at radius 2 is 1.97 bits per heavy atom. The lowest BCUT2D eigenvalue weighted by molar-refractivity contribution is -0.117. The summed E-state index contributed by atoms with van der Waals surface area (Å²) in [5.74, 6) is -0.295. The van der Waals surface area contributed by atoms with E-state index in [0.29, 0.717) is 23.9 Å². The second-order valence-electron chi connectivity index (χ2n) is 7.87. The molecule has 1 aromatic carbocycles. The molecule has 8 heteroatoms. The number of fused-ring (bicyclic) bond motifs is 1. The number of hydrogen-bond acceptors (Lipinski definition) is 6. The summed E-state index contributed by atoms with van der Waals surface area (Å²) < 4.78 is 0. The molecule has 4 rings (SSSR count). The quantitative estimate of drug-likeness (QED) is 0.540. The van der Waals surface area contributed by atoms with Crippen LogP contribution in [0.2, 0.25) is 0 Å². The summed E-state index contributed by atoms with van der Waals surface area (Å²) in [6.07, 6.45) is 5.76. The van der Waals surface area contributed by atoms with E-state index < -0.39 is 0 Å². The normalized spacial score (nSPS) is 13.4. The van der Waals surface area contributed by atoms with E-state index in [-0.39, 0.29) is 11.8 Å². The Balaban J connectivity index is 1.29. The predicted molar refractivity (Wildman–Crippen MR) is 127 cm³/mol. The zero-order chi connectivity index (χ0) is 22.3. The van der Waals surface area contributed by atoms with Crippen molar-refractivity contribution in [3.05, 3.63) is 70.5 Å². The molecule has 7 nitrogen and oxygen atoms in total. The first-order chi connectivity index (χ1) is 15.6. The molecular formula is C24H27N5O2S. The third kappa shape index (κ3) is 5.77. The molecule has 0 atom stereocenters. The smallest absolute Gasteiger partial charge is 0.276 e. The van der Waals surface area contributed by atoms with Crippen molar-refractivity contribution in [3.63, 3.8) is 0 Å². The fourth-order valence-electron chi connectivity index (χ4n) is 3.63. The van der Waals surface area contributed by atoms with Gasteiger partial charge in [-0.15, -0.1) is 11.3 Å². The van der Waals surface area contributed by atoms with Crippen LogP contribution >= 0.6 is 11.3 Å². The maximum atomic E-state index is 12.5. The van der Waals surface area contributed by atoms with Gasteiger partial charge in [-0.25, -0.2) is 4.98 Å². The average Bonchev–Trinajstić information content (AvgIpc) is 3.20. The number of carbonyl (C=O) groups excluding carboxylic acids is 2. The zero-order valence-electron chi connectivity index (χ0n) is 18.1. The van der Waals surface area contributed by atoms with Crippen molar-refractivity contribution in [2.24, 2.45) is 0 Å². The highest BCUT2D eigenvalue weighted by Crippen LogP contribution is 2.28. The van der Waals surface area contributed by atoms with Gasteiger partial charge in [0.25, 0.3) is 5.91 Å². The predicted octanol–water partition coefficient (Wildman–Crippen LogP) is 4.13. The molecule has 0 unspecified atom stereocenters. The molecule has 0 bridgehead atoms. The third-order valence-corrected chi connectivity index (χ3v) is 6.35. The van der Waals surface area contributed by atoms with E-state index in [4.69, 9.17) is 0 Å². The van der Waals surface area contributed by atoms with Crippen LogP contribution in [0.15, 0.2) is 48.7 Å². The van der Waals surface area contributed by atoms with Crippen molar-refractivity contribution >= 4 is 34.0 Å². The highest BCUT2D eigenvalue weighted by atomic mass is 32.1. The van der Waals surface area contributed by atoms with Crippen molar-refractivity contribution in [1.29, 1.82) is 0 Å². The summed E-state index contributed by atoms with van der Waals surface area (Å²) in [6, 6.07) is 13.3. The van der Waals surface area contributed by atoms with E-state index in [9.17, 15) is 9.59 Å². The first-order valence-electron chi connectivity index (χ1n) is 10.9. The van der Waals surface area contributed by atoms with Crippen molar-refractivity contribution in [2.45, 2.75) is 39.2 Å². The van der Waals surface area contributed by atoms with Gasteiger partial charge in [-0.1, -0.05) is 31.5 Å². The number of aromatic nitrogens is 2. The first-order valence-corrected chi connectivity index (χ1v) is 11.7. The molecule has 1 aliphatic heterocycles. The van der Waals surface area contributed by atoms with Gasteiger partial charge in [-0.3, -0.25) is 24.8 Å². The van der Waals surface area contributed by atoms with Crippen LogP contribution in [-0.2, 0) is 24.2 Å². The van der Waals surface area contributed by atoms with Gasteiger partial charge in [-0.05, 0) is 42.7 Å². The third-order valence-electron chi connectivity index (χ3n) is 5.35. The fourth-order valence-corrected chi connectivity index (χ4v) is 4.68. The Morgan fingerprint density at radius 1 is 1.12 bits per heavy atom. The monoisotopic (exact) mass is 449 g/mol. The maximum Gasteiger partial charge on any atom is 0.276 e. The first kappa shape index (κ1) is 22.1. The SMILES string of the molecule is CCCCc1ccc(NC(=O)CN2CCc3nc(NC(=O)c4ccccn4)sc3C2)cc1. The number of aryl methyl sites for hydroxylation is 1. The van der Waals surface area contributed by atoms with Crippen LogP contribution < -0.4 is 10.6 Å². The average molecular weight is 450 g/mol. The van der Waals surface area contributed by atoms with Gasteiger partial charge in [0, 0.05) is 36.3 Å². The highest BCUT2D eigenvalue weighted by Gasteiger charge is 2.23. The Hall–Kier alpha value is -3.10. The molecule has 2 N–H and O–H groups in total. The molecule has 2 amide bonds. The molecule has 166 valence electrons. The van der Waals surface area contributed by atoms with Crippen molar-refractivity contribution in [3.8, 4) is 0 Å². The molecule has 0 radical (unpaired) electrons. The fraction of sp³-hybridized carbons (Fsp3) is 0.333. The molecule has 3 aromatic rings. The number of anilines is 2. The van der Waals surface area contributed by atoms with Gasteiger partial charge >= 0.3 is 0 Å². The highest BCUT2D eigenvalue weighted by molar-refractivity contribution is 7.15. The van der Waals surface area contributed by atoms with Crippen LogP contribution in [-0.4, -0.2) is 39.8 Å². The Bertz CT molecular complexity index is 1070. The minimum absolute atomic E-state index is 0.0250. The minimum Gasteiger partial charge on any atom is -0.325 e. The molecule has 0 aliphatic carbocycles. The van der Waals surface area contributed by atoms with E-state index in [2.05, 4.69) is 44.6 Å². The number of pyridine rings is 1. The van der Waals surface area contributed by atoms with Crippen LogP contribution in [0, 0.1) is 0 Å². The second kappa shape index (κ2) is 10.5. The van der Waals surface area contributed by atoms with Crippen molar-refractivity contribution < 1.29 is 9.59 Å². The standard InChI is InChI=1S/C24H27N5O2S/c1-2-3-6-17-8-10-18(11-9-17)26-22(30)16-29-14-12-19-21(15-29)32-24(27-19)28-23(31)20-7-4-5-13-25-20/h4-5,7-11,13H,2-3,6,12,14-16H2,1H3,(H,26,30)(H,27,28,31). The number of hydrogen-bond donors (Lipinski definition) is 2. The number of benzene rings is 1. The summed E-state index contributed by atoms with van der Waals surface area (Å²) in [7, 11) is 0. The van der Waals surface area contributed by atoms with E-state index in [0.717, 1.165) is 35.6 Å². The molecule has 3 heterocycles. The van der Waals surface area contributed by atoms with Gasteiger partial charge in [0.2, 0.25) is 5.91 Å². The molecule has 0 fully saturated rings. The summed E-state index contributed by atoms with van der Waals surface area (Å²) in [6.45, 7) is 3.91. The summed E-state index contributed by atoms with van der Waals surface area (Å²) in [5.41, 5.74) is 3.47. The topological polar surface area (TPSA) is 87.2 Å². The largest absolute Gasteiger partial charge is 0.325 e. The lowest BCUT2D eigenvalue weighted by atomic mass is 10.1. The number of nitrogens with one attached hydrogen (secondary N) is 2. The van der Waals surface area contributed by atoms with Crippen LogP contribution in [0.1, 0.15) is 46.4 Å². The van der Waals surface area contributed by atoms with Gasteiger partial charge in [0.15, 0.2) is 5.13 Å². The lowest BCUT2D eigenvalue weighted by Crippen LogP contribution is -2.36. The lowest BCUT2D eigenvalue weighted by Gasteiger charge is -2.25. The Morgan fingerprint density at radius 3 is 2.72 bits per heavy atom. The summed E-state index contributed by atoms with van der Waals surface area (Å²) >= 11 is 1.46. The second-order valence-corrected chi connectivity index (χ2v) is 8.95. The maximum absolute atomic E-state index is 12.5. The molecule has 0 spiro atoms. The van der Waals surface area contributed by atoms with Crippen molar-refractivity contribution in [2.75, 3.05) is 23.7 Å². The van der Waals surface area contributed by atoms with Crippen molar-refractivity contribution in [1.82, 2.24) is 14.9 Å². The molecule has 0 saturated carbocycles. The van der Waals surface area contributed by atoms with E-state index in [1.54, 1.807) is 24.4 Å². The number of nitrogens with zero attached hydrogens (tertiary/aromatic N) is 3. The van der Waals surface area contributed by atoms with Gasteiger partial charge in [-0.2, -0.15) is 0 Å². The van der Waals surface area contributed by atoms with Gasteiger partial charge in [0.1, 0.15) is 5.69 Å². The number of thiazole rings is 1. The number of carbonyl (C=O) groups is 2. The zero-order valence-corrected chi connectivity index (χ0v) is 19.0. The van der Waals surface area contributed by atoms with E-state index >= 15 is 0 Å². The van der Waals surface area contributed by atoms with Gasteiger partial charge in [0.05, 0.1) is 12.2 Å². The summed E-state index contributed by atoms with van der Waals surface area (Å²) in [5, 5.41) is 6.39. The molecule has 1 aliphatic rings. The van der Waals surface area contributed by atoms with Gasteiger partial charge < -0.3 is 5.32 Å². The van der Waals surface area contributed by atoms with E-state index in [1.165, 1.54) is 29.7 Å². The van der Waals surface area contributed by atoms with Crippen LogP contribution in [0.5, 0.6) is 0 Å². The van der Waals surface area contributed by atoms with Crippen LogP contribution in [0.4, 0.5) is 10.8 Å². The number of rotatable bonds is 8. The number of amides is 2. The van der Waals surface area contributed by atoms with E-state index in [1.807, 2.05) is 12.1 Å². The molecule has 2 aromatic heterocycles.